The normalized spacial score (nSPS) is 18.3. The lowest BCUT2D eigenvalue weighted by molar-refractivity contribution is 0.0111. The summed E-state index contributed by atoms with van der Waals surface area (Å²) in [6.07, 6.45) is 4.51. The average Bonchev–Trinajstić information content (AvgIpc) is 2.86. The first-order chi connectivity index (χ1) is 9.98. The maximum atomic E-state index is 5.71. The fraction of sp³-hybridized carbons (Fsp3) is 0.765. The zero-order valence-electron chi connectivity index (χ0n) is 13.9. The van der Waals surface area contributed by atoms with Crippen molar-refractivity contribution in [3.63, 3.8) is 0 Å². The Hall–Kier alpha value is -0.840. The Labute approximate surface area is 128 Å². The largest absolute Gasteiger partial charge is 0.468 e. The minimum absolute atomic E-state index is 0.129. The predicted molar refractivity (Wildman–Crippen MR) is 85.2 cm³/mol. The highest BCUT2D eigenvalue weighted by Crippen LogP contribution is 2.19. The van der Waals surface area contributed by atoms with Gasteiger partial charge in [-0.3, -0.25) is 4.90 Å². The van der Waals surface area contributed by atoms with Crippen LogP contribution in [-0.4, -0.2) is 36.2 Å². The summed E-state index contributed by atoms with van der Waals surface area (Å²) in [5, 5.41) is 3.53. The molecule has 0 radical (unpaired) electrons. The zero-order chi connectivity index (χ0) is 15.3. The van der Waals surface area contributed by atoms with Crippen LogP contribution in [0.15, 0.2) is 16.7 Å². The van der Waals surface area contributed by atoms with Gasteiger partial charge in [-0.05, 0) is 46.6 Å². The maximum Gasteiger partial charge on any atom is 0.122 e. The molecule has 1 aliphatic heterocycles. The van der Waals surface area contributed by atoms with Crippen molar-refractivity contribution in [2.24, 2.45) is 0 Å². The van der Waals surface area contributed by atoms with E-state index in [1.165, 1.54) is 5.56 Å². The topological polar surface area (TPSA) is 37.6 Å². The van der Waals surface area contributed by atoms with Gasteiger partial charge in [0.25, 0.3) is 0 Å². The highest BCUT2D eigenvalue weighted by molar-refractivity contribution is 5.17. The van der Waals surface area contributed by atoms with Gasteiger partial charge in [-0.1, -0.05) is 0 Å². The number of nitrogens with one attached hydrogen (secondary N) is 1. The molecular weight excluding hydrogens is 264 g/mol. The lowest BCUT2D eigenvalue weighted by Crippen LogP contribution is -2.37. The highest BCUT2D eigenvalue weighted by Gasteiger charge is 2.21. The fourth-order valence-electron chi connectivity index (χ4n) is 2.70. The van der Waals surface area contributed by atoms with Gasteiger partial charge in [-0.25, -0.2) is 0 Å². The molecule has 0 bridgehead atoms. The van der Waals surface area contributed by atoms with Gasteiger partial charge in [0.15, 0.2) is 0 Å². The fourth-order valence-corrected chi connectivity index (χ4v) is 2.70. The van der Waals surface area contributed by atoms with E-state index < -0.39 is 0 Å². The van der Waals surface area contributed by atoms with E-state index in [4.69, 9.17) is 9.15 Å². The van der Waals surface area contributed by atoms with Crippen LogP contribution < -0.4 is 5.32 Å². The number of likely N-dealkylation sites (tertiary alicyclic amines) is 1. The summed E-state index contributed by atoms with van der Waals surface area (Å²) in [5.74, 6) is 1.10. The third kappa shape index (κ3) is 5.46. The van der Waals surface area contributed by atoms with Gasteiger partial charge >= 0.3 is 0 Å². The van der Waals surface area contributed by atoms with Gasteiger partial charge in [-0.15, -0.1) is 0 Å². The van der Waals surface area contributed by atoms with Crippen LogP contribution in [-0.2, 0) is 17.8 Å². The molecule has 4 nitrogen and oxygen atoms in total. The molecule has 4 heteroatoms. The van der Waals surface area contributed by atoms with Crippen LogP contribution in [0.4, 0.5) is 0 Å². The summed E-state index contributed by atoms with van der Waals surface area (Å²) in [6, 6.07) is 2.08. The first-order valence-corrected chi connectivity index (χ1v) is 8.12. The summed E-state index contributed by atoms with van der Waals surface area (Å²) in [4.78, 5) is 2.47. The summed E-state index contributed by atoms with van der Waals surface area (Å²) < 4.78 is 11.4. The highest BCUT2D eigenvalue weighted by atomic mass is 16.5. The molecule has 0 aliphatic carbocycles. The van der Waals surface area contributed by atoms with Gasteiger partial charge < -0.3 is 14.5 Å². The number of hydrogen-bond donors (Lipinski definition) is 1. The summed E-state index contributed by atoms with van der Waals surface area (Å²) >= 11 is 0. The van der Waals surface area contributed by atoms with Crippen molar-refractivity contribution in [2.45, 2.75) is 65.3 Å². The van der Waals surface area contributed by atoms with E-state index in [0.717, 1.165) is 51.4 Å². The van der Waals surface area contributed by atoms with Crippen molar-refractivity contribution in [3.05, 3.63) is 23.7 Å². The third-order valence-corrected chi connectivity index (χ3v) is 3.95. The molecule has 1 aliphatic rings. The average molecular weight is 294 g/mol. The van der Waals surface area contributed by atoms with Gasteiger partial charge in [-0.2, -0.15) is 0 Å². The predicted octanol–water partition coefficient (Wildman–Crippen LogP) is 3.17. The number of piperidine rings is 1. The second-order valence-electron chi connectivity index (χ2n) is 6.90. The van der Waals surface area contributed by atoms with Crippen molar-refractivity contribution < 1.29 is 9.15 Å². The molecule has 0 aromatic carbocycles. The van der Waals surface area contributed by atoms with Gasteiger partial charge in [0.2, 0.25) is 0 Å². The van der Waals surface area contributed by atoms with Crippen LogP contribution in [0.25, 0.3) is 0 Å². The summed E-state index contributed by atoms with van der Waals surface area (Å²) in [7, 11) is 0. The number of furan rings is 1. The van der Waals surface area contributed by atoms with Crippen LogP contribution in [0.2, 0.25) is 0 Å². The molecule has 0 amide bonds. The zero-order valence-corrected chi connectivity index (χ0v) is 13.9. The first kappa shape index (κ1) is 16.5. The number of rotatable bonds is 6. The van der Waals surface area contributed by atoms with Crippen molar-refractivity contribution in [3.8, 4) is 0 Å². The smallest absolute Gasteiger partial charge is 0.122 e. The maximum absolute atomic E-state index is 5.71. The van der Waals surface area contributed by atoms with E-state index in [0.29, 0.717) is 6.10 Å². The first-order valence-electron chi connectivity index (χ1n) is 8.12. The lowest BCUT2D eigenvalue weighted by atomic mass is 10.1. The van der Waals surface area contributed by atoms with E-state index in [2.05, 4.69) is 44.0 Å². The molecule has 1 N–H and O–H groups in total. The van der Waals surface area contributed by atoms with Crippen LogP contribution in [0.3, 0.4) is 0 Å². The second kappa shape index (κ2) is 7.43. The van der Waals surface area contributed by atoms with E-state index in [9.17, 15) is 0 Å². The third-order valence-electron chi connectivity index (χ3n) is 3.95. The van der Waals surface area contributed by atoms with Crippen LogP contribution in [0, 0.1) is 0 Å². The lowest BCUT2D eigenvalue weighted by Gasteiger charge is -2.31. The summed E-state index contributed by atoms with van der Waals surface area (Å²) in [6.45, 7) is 13.4. The quantitative estimate of drug-likeness (QED) is 0.874. The van der Waals surface area contributed by atoms with Gasteiger partial charge in [0.05, 0.1) is 18.9 Å². The molecular formula is C17H30N2O2. The van der Waals surface area contributed by atoms with E-state index in [1.807, 2.05) is 6.26 Å². The number of nitrogens with zero attached hydrogens (tertiary/aromatic N) is 1. The van der Waals surface area contributed by atoms with Crippen LogP contribution in [0.1, 0.15) is 51.9 Å². The Morgan fingerprint density at radius 3 is 2.67 bits per heavy atom. The Morgan fingerprint density at radius 1 is 1.33 bits per heavy atom. The molecule has 1 aromatic heterocycles. The Kier molecular flexibility index (Phi) is 5.85. The van der Waals surface area contributed by atoms with E-state index >= 15 is 0 Å². The van der Waals surface area contributed by atoms with Crippen LogP contribution in [0.5, 0.6) is 0 Å². The van der Waals surface area contributed by atoms with Crippen molar-refractivity contribution in [1.82, 2.24) is 10.2 Å². The minimum atomic E-state index is 0.129. The molecule has 0 saturated carbocycles. The van der Waals surface area contributed by atoms with Crippen molar-refractivity contribution >= 4 is 0 Å². The molecule has 0 atom stereocenters. The summed E-state index contributed by atoms with van der Waals surface area (Å²) in [5.41, 5.74) is 1.40. The SMILES string of the molecule is CCOC1CCN(Cc2occc2CNC(C)(C)C)CC1. The Bertz CT molecular complexity index is 415. The van der Waals surface area contributed by atoms with Crippen molar-refractivity contribution in [2.75, 3.05) is 19.7 Å². The molecule has 21 heavy (non-hydrogen) atoms. The molecule has 1 saturated heterocycles. The molecule has 2 heterocycles. The van der Waals surface area contributed by atoms with E-state index in [1.54, 1.807) is 0 Å². The molecule has 120 valence electrons. The van der Waals surface area contributed by atoms with E-state index in [-0.39, 0.29) is 5.54 Å². The molecule has 1 fully saturated rings. The van der Waals surface area contributed by atoms with Crippen molar-refractivity contribution in [1.29, 1.82) is 0 Å². The monoisotopic (exact) mass is 294 g/mol. The number of hydrogen-bond acceptors (Lipinski definition) is 4. The molecule has 2 rings (SSSR count). The molecule has 0 spiro atoms. The Balaban J connectivity index is 1.83. The second-order valence-corrected chi connectivity index (χ2v) is 6.90. The Morgan fingerprint density at radius 2 is 2.05 bits per heavy atom. The minimum Gasteiger partial charge on any atom is -0.468 e. The molecule has 1 aromatic rings. The van der Waals surface area contributed by atoms with Gasteiger partial charge in [0.1, 0.15) is 5.76 Å². The standard InChI is InChI=1S/C17H30N2O2/c1-5-20-15-6-9-19(10-7-15)13-16-14(8-11-21-16)12-18-17(2,3)4/h8,11,15,18H,5-7,9-10,12-13H2,1-4H3. The number of ether oxygens (including phenoxy) is 1. The molecule has 0 unspecified atom stereocenters. The van der Waals surface area contributed by atoms with Gasteiger partial charge in [0, 0.05) is 37.3 Å². The van der Waals surface area contributed by atoms with Crippen LogP contribution >= 0.6 is 0 Å².